The molecular weight excluding hydrogens is 298 g/mol. The molecule has 0 radical (unpaired) electrons. The predicted octanol–water partition coefficient (Wildman–Crippen LogP) is 3.48. The lowest BCUT2D eigenvalue weighted by molar-refractivity contribution is -0.402. The quantitative estimate of drug-likeness (QED) is 0.620. The second-order valence-corrected chi connectivity index (χ2v) is 5.38. The van der Waals surface area contributed by atoms with Gasteiger partial charge in [0, 0.05) is 4.88 Å². The molecule has 2 aromatic rings. The lowest BCUT2D eigenvalue weighted by Gasteiger charge is -2.02. The maximum absolute atomic E-state index is 11.2. The monoisotopic (exact) mass is 311 g/mol. The average molecular weight is 311 g/mol. The number of hydrogen-bond acceptors (Lipinski definition) is 6. The highest BCUT2D eigenvalue weighted by atomic mass is 32.1. The molecule has 0 amide bonds. The second kappa shape index (κ2) is 6.40. The van der Waals surface area contributed by atoms with E-state index in [1.807, 2.05) is 6.92 Å². The lowest BCUT2D eigenvalue weighted by atomic mass is 10.3. The van der Waals surface area contributed by atoms with E-state index >= 15 is 0 Å². The number of rotatable bonds is 7. The molecule has 0 aliphatic rings. The van der Waals surface area contributed by atoms with Gasteiger partial charge in [0.05, 0.1) is 6.07 Å². The summed E-state index contributed by atoms with van der Waals surface area (Å²) in [5, 5.41) is 19.6. The molecule has 0 fully saturated rings. The van der Waals surface area contributed by atoms with E-state index in [1.54, 1.807) is 6.07 Å². The Morgan fingerprint density at radius 1 is 1.52 bits per heavy atom. The molecule has 0 aliphatic heterocycles. The second-order valence-electron chi connectivity index (χ2n) is 4.25. The Labute approximate surface area is 123 Å². The molecule has 7 nitrogen and oxygen atoms in total. The van der Waals surface area contributed by atoms with Crippen molar-refractivity contribution in [1.82, 2.24) is 0 Å². The van der Waals surface area contributed by atoms with Crippen molar-refractivity contribution in [2.24, 2.45) is 0 Å². The van der Waals surface area contributed by atoms with Gasteiger partial charge in [-0.1, -0.05) is 13.3 Å². The normalized spacial score (nSPS) is 10.5. The van der Waals surface area contributed by atoms with Gasteiger partial charge in [-0.2, -0.15) is 0 Å². The van der Waals surface area contributed by atoms with E-state index in [0.29, 0.717) is 0 Å². The fourth-order valence-corrected chi connectivity index (χ4v) is 2.78. The van der Waals surface area contributed by atoms with Crippen molar-refractivity contribution in [3.05, 3.63) is 43.8 Å². The summed E-state index contributed by atoms with van der Waals surface area (Å²) in [5.74, 6) is -0.900. The Morgan fingerprint density at radius 3 is 2.86 bits per heavy atom. The first-order valence-electron chi connectivity index (χ1n) is 6.23. The number of nitro groups is 1. The number of aromatic carboxylic acids is 1. The molecule has 0 aliphatic carbocycles. The largest absolute Gasteiger partial charge is 0.484 e. The number of nitrogens with zero attached hydrogens (tertiary/aromatic N) is 1. The van der Waals surface area contributed by atoms with Crippen LogP contribution in [0.1, 0.15) is 33.7 Å². The van der Waals surface area contributed by atoms with E-state index in [1.165, 1.54) is 23.5 Å². The molecule has 0 saturated carbocycles. The minimum atomic E-state index is -1.05. The molecule has 0 bridgehead atoms. The summed E-state index contributed by atoms with van der Waals surface area (Å²) < 4.78 is 10.4. The van der Waals surface area contributed by atoms with E-state index in [9.17, 15) is 14.9 Å². The standard InChI is InChI=1S/C13H13NO6S/c1-2-3-9-6-10(12(21-9)13(15)16)19-7-8-4-5-11(20-8)14(17)18/h4-6H,2-3,7H2,1H3,(H,15,16). The van der Waals surface area contributed by atoms with Gasteiger partial charge in [0.25, 0.3) is 0 Å². The maximum atomic E-state index is 11.2. The van der Waals surface area contributed by atoms with Crippen LogP contribution in [-0.2, 0) is 13.0 Å². The fraction of sp³-hybridized carbons (Fsp3) is 0.308. The third kappa shape index (κ3) is 3.60. The zero-order chi connectivity index (χ0) is 15.4. The van der Waals surface area contributed by atoms with Crippen LogP contribution in [0.15, 0.2) is 22.6 Å². The summed E-state index contributed by atoms with van der Waals surface area (Å²) in [6, 6.07) is 4.35. The Hall–Kier alpha value is -2.35. The third-order valence-electron chi connectivity index (χ3n) is 2.64. The highest BCUT2D eigenvalue weighted by Crippen LogP contribution is 2.31. The van der Waals surface area contributed by atoms with Crippen LogP contribution in [0.25, 0.3) is 0 Å². The summed E-state index contributed by atoms with van der Waals surface area (Å²) in [5.41, 5.74) is 0. The van der Waals surface area contributed by atoms with Gasteiger partial charge in [0.1, 0.15) is 23.0 Å². The van der Waals surface area contributed by atoms with Crippen molar-refractivity contribution in [3.63, 3.8) is 0 Å². The van der Waals surface area contributed by atoms with Crippen molar-refractivity contribution in [2.45, 2.75) is 26.4 Å². The van der Waals surface area contributed by atoms with Crippen molar-refractivity contribution in [1.29, 1.82) is 0 Å². The number of carboxylic acids is 1. The molecule has 112 valence electrons. The van der Waals surface area contributed by atoms with Crippen LogP contribution < -0.4 is 4.74 Å². The molecule has 0 saturated heterocycles. The summed E-state index contributed by atoms with van der Waals surface area (Å²) >= 11 is 1.17. The van der Waals surface area contributed by atoms with E-state index in [0.717, 1.165) is 17.7 Å². The van der Waals surface area contributed by atoms with Crippen LogP contribution in [-0.4, -0.2) is 16.0 Å². The number of carboxylic acid groups (broad SMARTS) is 1. The van der Waals surface area contributed by atoms with Crippen molar-refractivity contribution >= 4 is 23.2 Å². The molecular formula is C13H13NO6S. The van der Waals surface area contributed by atoms with Crippen molar-refractivity contribution in [3.8, 4) is 5.75 Å². The SMILES string of the molecule is CCCc1cc(OCc2ccc([N+](=O)[O-])o2)c(C(=O)O)s1. The fourth-order valence-electron chi connectivity index (χ4n) is 1.74. The molecule has 21 heavy (non-hydrogen) atoms. The van der Waals surface area contributed by atoms with Crippen molar-refractivity contribution in [2.75, 3.05) is 0 Å². The summed E-state index contributed by atoms with van der Waals surface area (Å²) in [6.07, 6.45) is 1.68. The molecule has 0 aromatic carbocycles. The number of thiophene rings is 1. The summed E-state index contributed by atoms with van der Waals surface area (Å²) in [4.78, 5) is 22.1. The molecule has 2 heterocycles. The van der Waals surface area contributed by atoms with E-state index in [4.69, 9.17) is 14.3 Å². The Bertz CT molecular complexity index is 659. The predicted molar refractivity (Wildman–Crippen MR) is 75.0 cm³/mol. The Morgan fingerprint density at radius 2 is 2.29 bits per heavy atom. The van der Waals surface area contributed by atoms with Gasteiger partial charge in [-0.05, 0) is 18.6 Å². The first-order chi connectivity index (χ1) is 10.0. The molecule has 0 unspecified atom stereocenters. The highest BCUT2D eigenvalue weighted by Gasteiger charge is 2.18. The van der Waals surface area contributed by atoms with Gasteiger partial charge < -0.3 is 14.3 Å². The van der Waals surface area contributed by atoms with Crippen LogP contribution in [0.4, 0.5) is 5.88 Å². The summed E-state index contributed by atoms with van der Waals surface area (Å²) in [6.45, 7) is 1.94. The minimum Gasteiger partial charge on any atom is -0.484 e. The van der Waals surface area contributed by atoms with Crippen molar-refractivity contribution < 1.29 is 24.0 Å². The topological polar surface area (TPSA) is 103 Å². The van der Waals surface area contributed by atoms with Crippen LogP contribution in [0.5, 0.6) is 5.75 Å². The maximum Gasteiger partial charge on any atom is 0.433 e. The van der Waals surface area contributed by atoms with Gasteiger partial charge in [-0.25, -0.2) is 4.79 Å². The van der Waals surface area contributed by atoms with Crippen LogP contribution in [0.3, 0.4) is 0 Å². The van der Waals surface area contributed by atoms with E-state index < -0.39 is 10.9 Å². The first kappa shape index (κ1) is 15.0. The zero-order valence-electron chi connectivity index (χ0n) is 11.2. The number of furan rings is 1. The van der Waals surface area contributed by atoms with E-state index in [2.05, 4.69) is 0 Å². The third-order valence-corrected chi connectivity index (χ3v) is 3.80. The molecule has 8 heteroatoms. The van der Waals surface area contributed by atoms with Gasteiger partial charge in [0.2, 0.25) is 0 Å². The Balaban J connectivity index is 2.10. The van der Waals surface area contributed by atoms with Crippen LogP contribution >= 0.6 is 11.3 Å². The van der Waals surface area contributed by atoms with Crippen LogP contribution in [0, 0.1) is 10.1 Å². The number of hydrogen-bond donors (Lipinski definition) is 1. The molecule has 1 N–H and O–H groups in total. The van der Waals surface area contributed by atoms with Gasteiger partial charge in [-0.15, -0.1) is 11.3 Å². The molecule has 2 aromatic heterocycles. The zero-order valence-corrected chi connectivity index (χ0v) is 12.0. The van der Waals surface area contributed by atoms with Gasteiger partial charge >= 0.3 is 11.9 Å². The van der Waals surface area contributed by atoms with E-state index in [-0.39, 0.29) is 28.9 Å². The molecule has 0 atom stereocenters. The summed E-state index contributed by atoms with van der Waals surface area (Å²) in [7, 11) is 0. The Kier molecular flexibility index (Phi) is 4.59. The smallest absolute Gasteiger partial charge is 0.433 e. The lowest BCUT2D eigenvalue weighted by Crippen LogP contribution is -1.99. The highest BCUT2D eigenvalue weighted by molar-refractivity contribution is 7.14. The molecule has 2 rings (SSSR count). The number of ether oxygens (including phenoxy) is 1. The van der Waals surface area contributed by atoms with Gasteiger partial charge in [-0.3, -0.25) is 10.1 Å². The van der Waals surface area contributed by atoms with Crippen LogP contribution in [0.2, 0.25) is 0 Å². The molecule has 0 spiro atoms. The van der Waals surface area contributed by atoms with Gasteiger partial charge in [0.15, 0.2) is 4.88 Å². The minimum absolute atomic E-state index is 0.0591. The number of aryl methyl sites for hydroxylation is 1. The average Bonchev–Trinajstić information content (AvgIpc) is 3.03. The first-order valence-corrected chi connectivity index (χ1v) is 7.04. The number of carbonyl (C=O) groups is 1.